The first kappa shape index (κ1) is 15.1. The van der Waals surface area contributed by atoms with Crippen molar-refractivity contribution in [3.8, 4) is 5.75 Å². The second kappa shape index (κ2) is 6.42. The SMILES string of the molecule is COc1cc(Cl)ccc1C(Cl)Cc1ccc(F)c(F)c1. The van der Waals surface area contributed by atoms with Gasteiger partial charge in [-0.1, -0.05) is 23.7 Å². The number of hydrogen-bond acceptors (Lipinski definition) is 1. The fourth-order valence-corrected chi connectivity index (χ4v) is 2.45. The standard InChI is InChI=1S/C15H12Cl2F2O/c1-20-15-8-10(16)3-4-11(15)12(17)6-9-2-5-13(18)14(19)7-9/h2-5,7-8,12H,6H2,1H3. The first-order chi connectivity index (χ1) is 9.51. The summed E-state index contributed by atoms with van der Waals surface area (Å²) in [5, 5.41) is 0.120. The molecule has 1 atom stereocenters. The van der Waals surface area contributed by atoms with Gasteiger partial charge >= 0.3 is 0 Å². The molecule has 2 rings (SSSR count). The van der Waals surface area contributed by atoms with Crippen LogP contribution >= 0.6 is 23.2 Å². The average molecular weight is 317 g/mol. The second-order valence-corrected chi connectivity index (χ2v) is 5.27. The van der Waals surface area contributed by atoms with E-state index in [-0.39, 0.29) is 0 Å². The van der Waals surface area contributed by atoms with Crippen molar-refractivity contribution < 1.29 is 13.5 Å². The van der Waals surface area contributed by atoms with Crippen molar-refractivity contribution in [3.05, 3.63) is 64.2 Å². The normalized spacial score (nSPS) is 12.2. The van der Waals surface area contributed by atoms with E-state index in [0.29, 0.717) is 22.8 Å². The predicted molar refractivity (Wildman–Crippen MR) is 76.7 cm³/mol. The van der Waals surface area contributed by atoms with Gasteiger partial charge in [0.25, 0.3) is 0 Å². The van der Waals surface area contributed by atoms with Crippen LogP contribution < -0.4 is 4.74 Å². The second-order valence-electron chi connectivity index (χ2n) is 4.31. The largest absolute Gasteiger partial charge is 0.496 e. The van der Waals surface area contributed by atoms with Gasteiger partial charge in [0.15, 0.2) is 11.6 Å². The first-order valence-corrected chi connectivity index (χ1v) is 6.74. The van der Waals surface area contributed by atoms with Crippen LogP contribution in [0.3, 0.4) is 0 Å². The summed E-state index contributed by atoms with van der Waals surface area (Å²) in [7, 11) is 1.52. The van der Waals surface area contributed by atoms with E-state index in [1.165, 1.54) is 13.2 Å². The van der Waals surface area contributed by atoms with Gasteiger partial charge in [-0.15, -0.1) is 11.6 Å². The van der Waals surface area contributed by atoms with Crippen molar-refractivity contribution in [3.63, 3.8) is 0 Å². The minimum atomic E-state index is -0.880. The molecule has 0 bridgehead atoms. The summed E-state index contributed by atoms with van der Waals surface area (Å²) in [4.78, 5) is 0. The minimum absolute atomic E-state index is 0.358. The summed E-state index contributed by atoms with van der Waals surface area (Å²) >= 11 is 12.2. The molecule has 0 spiro atoms. The molecule has 0 heterocycles. The summed E-state index contributed by atoms with van der Waals surface area (Å²) in [6.07, 6.45) is 0.358. The molecular formula is C15H12Cl2F2O. The maximum atomic E-state index is 13.2. The molecule has 0 aromatic heterocycles. The lowest BCUT2D eigenvalue weighted by Gasteiger charge is -2.14. The Bertz CT molecular complexity index is 617. The molecule has 0 aliphatic heterocycles. The van der Waals surface area contributed by atoms with Gasteiger partial charge in [0.1, 0.15) is 5.75 Å². The smallest absolute Gasteiger partial charge is 0.159 e. The summed E-state index contributed by atoms with van der Waals surface area (Å²) in [6, 6.07) is 8.88. The molecule has 2 aromatic carbocycles. The first-order valence-electron chi connectivity index (χ1n) is 5.92. The molecule has 1 unspecified atom stereocenters. The van der Waals surface area contributed by atoms with Crippen molar-refractivity contribution in [2.45, 2.75) is 11.8 Å². The highest BCUT2D eigenvalue weighted by Crippen LogP contribution is 2.34. The van der Waals surface area contributed by atoms with E-state index in [1.807, 2.05) is 0 Å². The molecule has 20 heavy (non-hydrogen) atoms. The minimum Gasteiger partial charge on any atom is -0.496 e. The molecule has 106 valence electrons. The molecule has 0 saturated carbocycles. The zero-order valence-corrected chi connectivity index (χ0v) is 12.2. The van der Waals surface area contributed by atoms with Crippen LogP contribution in [0.5, 0.6) is 5.75 Å². The van der Waals surface area contributed by atoms with Crippen molar-refractivity contribution in [1.82, 2.24) is 0 Å². The van der Waals surface area contributed by atoms with Crippen LogP contribution in [-0.2, 0) is 6.42 Å². The molecule has 0 amide bonds. The number of alkyl halides is 1. The molecule has 2 aromatic rings. The van der Waals surface area contributed by atoms with E-state index in [9.17, 15) is 8.78 Å². The summed E-state index contributed by atoms with van der Waals surface area (Å²) in [6.45, 7) is 0. The van der Waals surface area contributed by atoms with E-state index in [1.54, 1.807) is 18.2 Å². The highest BCUT2D eigenvalue weighted by Gasteiger charge is 2.15. The quantitative estimate of drug-likeness (QED) is 0.709. The molecule has 0 aliphatic carbocycles. The lowest BCUT2D eigenvalue weighted by atomic mass is 10.0. The van der Waals surface area contributed by atoms with Gasteiger partial charge in [0.05, 0.1) is 12.5 Å². The van der Waals surface area contributed by atoms with Gasteiger partial charge in [0.2, 0.25) is 0 Å². The topological polar surface area (TPSA) is 9.23 Å². The third kappa shape index (κ3) is 3.41. The Kier molecular flexibility index (Phi) is 4.84. The van der Waals surface area contributed by atoms with Gasteiger partial charge in [-0.2, -0.15) is 0 Å². The van der Waals surface area contributed by atoms with Crippen LogP contribution in [-0.4, -0.2) is 7.11 Å². The van der Waals surface area contributed by atoms with E-state index >= 15 is 0 Å². The third-order valence-corrected chi connectivity index (χ3v) is 3.56. The van der Waals surface area contributed by atoms with Crippen LogP contribution in [0.15, 0.2) is 36.4 Å². The fraction of sp³-hybridized carbons (Fsp3) is 0.200. The number of benzene rings is 2. The van der Waals surface area contributed by atoms with Crippen LogP contribution in [0, 0.1) is 11.6 Å². The van der Waals surface area contributed by atoms with Crippen molar-refractivity contribution in [2.24, 2.45) is 0 Å². The van der Waals surface area contributed by atoms with Crippen molar-refractivity contribution in [1.29, 1.82) is 0 Å². The van der Waals surface area contributed by atoms with Crippen LogP contribution in [0.25, 0.3) is 0 Å². The van der Waals surface area contributed by atoms with E-state index in [4.69, 9.17) is 27.9 Å². The van der Waals surface area contributed by atoms with Gasteiger partial charge in [-0.25, -0.2) is 8.78 Å². The number of ether oxygens (including phenoxy) is 1. The van der Waals surface area contributed by atoms with Crippen LogP contribution in [0.2, 0.25) is 5.02 Å². The lowest BCUT2D eigenvalue weighted by Crippen LogP contribution is -2.00. The molecular weight excluding hydrogens is 305 g/mol. The monoisotopic (exact) mass is 316 g/mol. The van der Waals surface area contributed by atoms with E-state index < -0.39 is 17.0 Å². The predicted octanol–water partition coefficient (Wildman–Crippen LogP) is 5.15. The average Bonchev–Trinajstić information content (AvgIpc) is 2.42. The van der Waals surface area contributed by atoms with Crippen LogP contribution in [0.1, 0.15) is 16.5 Å². The Morgan fingerprint density at radius 3 is 2.50 bits per heavy atom. The maximum absolute atomic E-state index is 13.2. The molecule has 0 saturated heterocycles. The Labute approximate surface area is 126 Å². The zero-order valence-electron chi connectivity index (χ0n) is 10.7. The highest BCUT2D eigenvalue weighted by molar-refractivity contribution is 6.30. The summed E-state index contributed by atoms with van der Waals surface area (Å²) < 4.78 is 31.3. The molecule has 0 fully saturated rings. The lowest BCUT2D eigenvalue weighted by molar-refractivity contribution is 0.409. The molecule has 0 N–H and O–H groups in total. The van der Waals surface area contributed by atoms with Gasteiger partial charge in [0, 0.05) is 10.6 Å². The number of halogens is 4. The Morgan fingerprint density at radius 2 is 1.85 bits per heavy atom. The Hall–Kier alpha value is -1.32. The van der Waals surface area contributed by atoms with Gasteiger partial charge in [-0.3, -0.25) is 0 Å². The molecule has 0 aliphatic rings. The van der Waals surface area contributed by atoms with Crippen molar-refractivity contribution in [2.75, 3.05) is 7.11 Å². The highest BCUT2D eigenvalue weighted by atomic mass is 35.5. The van der Waals surface area contributed by atoms with Gasteiger partial charge in [-0.05, 0) is 36.2 Å². The summed E-state index contributed by atoms with van der Waals surface area (Å²) in [5.74, 6) is -1.18. The van der Waals surface area contributed by atoms with E-state index in [2.05, 4.69) is 0 Å². The number of hydrogen-bond donors (Lipinski definition) is 0. The van der Waals surface area contributed by atoms with Crippen molar-refractivity contribution >= 4 is 23.2 Å². The van der Waals surface area contributed by atoms with Gasteiger partial charge < -0.3 is 4.74 Å². The Morgan fingerprint density at radius 1 is 1.10 bits per heavy atom. The Balaban J connectivity index is 2.23. The summed E-state index contributed by atoms with van der Waals surface area (Å²) in [5.41, 5.74) is 1.37. The third-order valence-electron chi connectivity index (χ3n) is 2.93. The van der Waals surface area contributed by atoms with E-state index in [0.717, 1.165) is 17.7 Å². The number of methoxy groups -OCH3 is 1. The number of rotatable bonds is 4. The molecule has 5 heteroatoms. The maximum Gasteiger partial charge on any atom is 0.159 e. The van der Waals surface area contributed by atoms with Crippen LogP contribution in [0.4, 0.5) is 8.78 Å². The zero-order chi connectivity index (χ0) is 14.7. The molecule has 1 nitrogen and oxygen atoms in total. The molecule has 0 radical (unpaired) electrons. The fourth-order valence-electron chi connectivity index (χ4n) is 1.93.